The lowest BCUT2D eigenvalue weighted by Crippen LogP contribution is -2.29. The zero-order chi connectivity index (χ0) is 12.9. The van der Waals surface area contributed by atoms with Gasteiger partial charge in [0.15, 0.2) is 0 Å². The summed E-state index contributed by atoms with van der Waals surface area (Å²) >= 11 is 0. The zero-order valence-electron chi connectivity index (χ0n) is 11.7. The predicted octanol–water partition coefficient (Wildman–Crippen LogP) is 3.61. The maximum absolute atomic E-state index is 5.80. The molecule has 0 radical (unpaired) electrons. The second-order valence-electron chi connectivity index (χ2n) is 5.88. The van der Waals surface area contributed by atoms with Crippen LogP contribution in [0, 0.1) is 0 Å². The summed E-state index contributed by atoms with van der Waals surface area (Å²) in [5.41, 5.74) is 3.07. The fourth-order valence-electron chi connectivity index (χ4n) is 3.42. The lowest BCUT2D eigenvalue weighted by Gasteiger charge is -2.28. The molecule has 1 saturated heterocycles. The summed E-state index contributed by atoms with van der Waals surface area (Å²) in [7, 11) is 0. The van der Waals surface area contributed by atoms with Gasteiger partial charge in [0.05, 0.1) is 6.10 Å². The minimum atomic E-state index is 0.500. The molecule has 0 saturated carbocycles. The molecule has 2 atom stereocenters. The third kappa shape index (κ3) is 3.37. The first-order chi connectivity index (χ1) is 9.43. The number of hydrogen-bond donors (Lipinski definition) is 1. The largest absolute Gasteiger partial charge is 0.378 e. The second kappa shape index (κ2) is 6.53. The van der Waals surface area contributed by atoms with Crippen molar-refractivity contribution in [3.8, 4) is 0 Å². The van der Waals surface area contributed by atoms with Crippen LogP contribution in [0.2, 0.25) is 0 Å². The van der Waals surface area contributed by atoms with Crippen molar-refractivity contribution in [2.45, 2.75) is 57.1 Å². The molecule has 104 valence electrons. The lowest BCUT2D eigenvalue weighted by atomic mass is 9.87. The predicted molar refractivity (Wildman–Crippen MR) is 78.3 cm³/mol. The van der Waals surface area contributed by atoms with Crippen molar-refractivity contribution in [3.05, 3.63) is 35.4 Å². The summed E-state index contributed by atoms with van der Waals surface area (Å²) in [5.74, 6) is 0. The molecule has 3 rings (SSSR count). The van der Waals surface area contributed by atoms with Crippen molar-refractivity contribution in [3.63, 3.8) is 0 Å². The number of rotatable bonds is 4. The summed E-state index contributed by atoms with van der Waals surface area (Å²) in [6, 6.07) is 9.48. The van der Waals surface area contributed by atoms with Crippen LogP contribution in [0.4, 0.5) is 0 Å². The van der Waals surface area contributed by atoms with Crippen LogP contribution in [0.25, 0.3) is 0 Å². The Labute approximate surface area is 116 Å². The number of nitrogens with one attached hydrogen (secondary N) is 1. The van der Waals surface area contributed by atoms with E-state index in [2.05, 4.69) is 29.6 Å². The maximum atomic E-state index is 5.80. The Bertz CT molecular complexity index is 398. The molecule has 1 aromatic carbocycles. The SMILES string of the molecule is c1ccc2c(c1)CCCC2NCCC1CCCCO1. The van der Waals surface area contributed by atoms with Gasteiger partial charge in [-0.2, -0.15) is 0 Å². The maximum Gasteiger partial charge on any atom is 0.0587 e. The number of aryl methyl sites for hydroxylation is 1. The quantitative estimate of drug-likeness (QED) is 0.892. The summed E-state index contributed by atoms with van der Waals surface area (Å²) in [6.45, 7) is 2.06. The van der Waals surface area contributed by atoms with Crippen LogP contribution in [0.3, 0.4) is 0 Å². The molecule has 19 heavy (non-hydrogen) atoms. The van der Waals surface area contributed by atoms with Crippen LogP contribution >= 0.6 is 0 Å². The Hall–Kier alpha value is -0.860. The molecule has 1 heterocycles. The first-order valence-electron chi connectivity index (χ1n) is 7.86. The molecule has 0 spiro atoms. The highest BCUT2D eigenvalue weighted by molar-refractivity contribution is 5.32. The van der Waals surface area contributed by atoms with Crippen molar-refractivity contribution in [1.82, 2.24) is 5.32 Å². The van der Waals surface area contributed by atoms with Gasteiger partial charge in [-0.05, 0) is 62.6 Å². The third-order valence-electron chi connectivity index (χ3n) is 4.50. The molecular formula is C17H25NO. The molecule has 0 bridgehead atoms. The van der Waals surface area contributed by atoms with E-state index >= 15 is 0 Å². The standard InChI is InChI=1S/C17H25NO/c1-2-9-16-14(6-1)7-5-10-17(16)18-12-11-15-8-3-4-13-19-15/h1-2,6,9,15,17-18H,3-5,7-8,10-13H2. The van der Waals surface area contributed by atoms with Crippen LogP contribution in [0.5, 0.6) is 0 Å². The van der Waals surface area contributed by atoms with Gasteiger partial charge >= 0.3 is 0 Å². The van der Waals surface area contributed by atoms with Gasteiger partial charge in [0, 0.05) is 12.6 Å². The van der Waals surface area contributed by atoms with E-state index in [1.165, 1.54) is 50.5 Å². The molecule has 2 nitrogen and oxygen atoms in total. The molecule has 2 aliphatic rings. The summed E-state index contributed by atoms with van der Waals surface area (Å²) < 4.78 is 5.80. The highest BCUT2D eigenvalue weighted by atomic mass is 16.5. The van der Waals surface area contributed by atoms with Crippen LogP contribution in [-0.2, 0) is 11.2 Å². The molecule has 1 aliphatic heterocycles. The van der Waals surface area contributed by atoms with E-state index in [-0.39, 0.29) is 0 Å². The van der Waals surface area contributed by atoms with E-state index in [0.29, 0.717) is 12.1 Å². The normalized spacial score (nSPS) is 26.9. The topological polar surface area (TPSA) is 21.3 Å². The minimum Gasteiger partial charge on any atom is -0.378 e. The third-order valence-corrected chi connectivity index (χ3v) is 4.50. The smallest absolute Gasteiger partial charge is 0.0587 e. The van der Waals surface area contributed by atoms with E-state index in [1.807, 2.05) is 0 Å². The van der Waals surface area contributed by atoms with Crippen LogP contribution in [0.1, 0.15) is 55.7 Å². The van der Waals surface area contributed by atoms with Gasteiger partial charge in [0.1, 0.15) is 0 Å². The van der Waals surface area contributed by atoms with Crippen molar-refractivity contribution in [2.24, 2.45) is 0 Å². The number of fused-ring (bicyclic) bond motifs is 1. The minimum absolute atomic E-state index is 0.500. The van der Waals surface area contributed by atoms with E-state index in [1.54, 1.807) is 5.56 Å². The molecule has 1 aliphatic carbocycles. The summed E-state index contributed by atoms with van der Waals surface area (Å²) in [4.78, 5) is 0. The van der Waals surface area contributed by atoms with E-state index in [0.717, 1.165) is 13.2 Å². The van der Waals surface area contributed by atoms with Gasteiger partial charge in [0.25, 0.3) is 0 Å². The second-order valence-corrected chi connectivity index (χ2v) is 5.88. The van der Waals surface area contributed by atoms with Gasteiger partial charge in [-0.15, -0.1) is 0 Å². The van der Waals surface area contributed by atoms with Gasteiger partial charge in [-0.25, -0.2) is 0 Å². The average molecular weight is 259 g/mol. The Morgan fingerprint density at radius 1 is 1.11 bits per heavy atom. The zero-order valence-corrected chi connectivity index (χ0v) is 11.7. The Morgan fingerprint density at radius 2 is 2.05 bits per heavy atom. The fraction of sp³-hybridized carbons (Fsp3) is 0.647. The van der Waals surface area contributed by atoms with Crippen LogP contribution in [-0.4, -0.2) is 19.3 Å². The van der Waals surface area contributed by atoms with Gasteiger partial charge in [0.2, 0.25) is 0 Å². The molecule has 1 fully saturated rings. The molecule has 2 heteroatoms. The van der Waals surface area contributed by atoms with Crippen LogP contribution in [0.15, 0.2) is 24.3 Å². The first-order valence-corrected chi connectivity index (χ1v) is 7.86. The van der Waals surface area contributed by atoms with E-state index in [4.69, 9.17) is 4.74 Å². The molecule has 0 amide bonds. The van der Waals surface area contributed by atoms with Crippen molar-refractivity contribution >= 4 is 0 Å². The highest BCUT2D eigenvalue weighted by Crippen LogP contribution is 2.29. The first kappa shape index (κ1) is 13.1. The Kier molecular flexibility index (Phi) is 4.52. The number of ether oxygens (including phenoxy) is 1. The summed E-state index contributed by atoms with van der Waals surface area (Å²) in [5, 5.41) is 3.75. The lowest BCUT2D eigenvalue weighted by molar-refractivity contribution is 0.0111. The van der Waals surface area contributed by atoms with Crippen molar-refractivity contribution in [2.75, 3.05) is 13.2 Å². The van der Waals surface area contributed by atoms with Crippen LogP contribution < -0.4 is 5.32 Å². The summed E-state index contributed by atoms with van der Waals surface area (Å²) in [6.07, 6.45) is 9.36. The molecule has 1 aromatic rings. The van der Waals surface area contributed by atoms with Crippen molar-refractivity contribution < 1.29 is 4.74 Å². The fourth-order valence-corrected chi connectivity index (χ4v) is 3.42. The van der Waals surface area contributed by atoms with Crippen molar-refractivity contribution in [1.29, 1.82) is 0 Å². The van der Waals surface area contributed by atoms with E-state index < -0.39 is 0 Å². The Morgan fingerprint density at radius 3 is 2.95 bits per heavy atom. The average Bonchev–Trinajstić information content (AvgIpc) is 2.49. The molecular weight excluding hydrogens is 234 g/mol. The molecule has 2 unspecified atom stereocenters. The van der Waals surface area contributed by atoms with Gasteiger partial charge < -0.3 is 10.1 Å². The molecule has 1 N–H and O–H groups in total. The highest BCUT2D eigenvalue weighted by Gasteiger charge is 2.20. The monoisotopic (exact) mass is 259 g/mol. The molecule has 0 aromatic heterocycles. The van der Waals surface area contributed by atoms with E-state index in [9.17, 15) is 0 Å². The Balaban J connectivity index is 1.50. The van der Waals surface area contributed by atoms with Gasteiger partial charge in [-0.1, -0.05) is 24.3 Å². The number of benzene rings is 1. The van der Waals surface area contributed by atoms with Gasteiger partial charge in [-0.3, -0.25) is 0 Å². The number of hydrogen-bond acceptors (Lipinski definition) is 2.